The van der Waals surface area contributed by atoms with Crippen LogP contribution in [0.2, 0.25) is 0 Å². The molecule has 146 valence electrons. The van der Waals surface area contributed by atoms with Gasteiger partial charge in [0.1, 0.15) is 18.3 Å². The summed E-state index contributed by atoms with van der Waals surface area (Å²) in [5.41, 5.74) is 1.12. The summed E-state index contributed by atoms with van der Waals surface area (Å²) in [4.78, 5) is 8.61. The average Bonchev–Trinajstić information content (AvgIpc) is 3.36. The van der Waals surface area contributed by atoms with Gasteiger partial charge in [0.2, 0.25) is 5.88 Å². The van der Waals surface area contributed by atoms with Gasteiger partial charge >= 0.3 is 0 Å². The zero-order chi connectivity index (χ0) is 18.9. The number of hydrogen-bond donors (Lipinski definition) is 2. The van der Waals surface area contributed by atoms with Crippen LogP contribution in [-0.4, -0.2) is 45.4 Å². The number of nitrogens with one attached hydrogen (secondary N) is 2. The largest absolute Gasteiger partial charge is 0.474 e. The third kappa shape index (κ3) is 5.67. The first-order valence-corrected chi connectivity index (χ1v) is 9.71. The molecule has 27 heavy (non-hydrogen) atoms. The Morgan fingerprint density at radius 2 is 2.19 bits per heavy atom. The number of aliphatic imine (C=N–C) groups is 1. The van der Waals surface area contributed by atoms with E-state index in [1.54, 1.807) is 19.6 Å². The van der Waals surface area contributed by atoms with Crippen LogP contribution in [0.5, 0.6) is 5.88 Å². The van der Waals surface area contributed by atoms with Gasteiger partial charge in [-0.2, -0.15) is 0 Å². The molecule has 0 amide bonds. The maximum absolute atomic E-state index is 5.98. The molecule has 0 aromatic carbocycles. The van der Waals surface area contributed by atoms with Gasteiger partial charge < -0.3 is 19.9 Å². The fourth-order valence-electron chi connectivity index (χ4n) is 3.24. The first kappa shape index (κ1) is 19.1. The van der Waals surface area contributed by atoms with E-state index in [0.717, 1.165) is 49.7 Å². The van der Waals surface area contributed by atoms with Crippen molar-refractivity contribution in [3.8, 4) is 5.88 Å². The number of nitrogens with zero attached hydrogens (tertiary/aromatic N) is 5. The highest BCUT2D eigenvalue weighted by Crippen LogP contribution is 2.23. The Morgan fingerprint density at radius 3 is 2.96 bits per heavy atom. The van der Waals surface area contributed by atoms with Gasteiger partial charge in [0.25, 0.3) is 0 Å². The second kappa shape index (κ2) is 9.89. The van der Waals surface area contributed by atoms with Crippen molar-refractivity contribution in [1.29, 1.82) is 0 Å². The van der Waals surface area contributed by atoms with Crippen LogP contribution in [0, 0.1) is 0 Å². The Bertz CT molecular complexity index is 737. The van der Waals surface area contributed by atoms with Crippen LogP contribution < -0.4 is 15.4 Å². The van der Waals surface area contributed by atoms with Gasteiger partial charge in [-0.25, -0.2) is 4.98 Å². The number of rotatable bonds is 8. The lowest BCUT2D eigenvalue weighted by Gasteiger charge is -2.14. The van der Waals surface area contributed by atoms with Gasteiger partial charge in [-0.1, -0.05) is 6.92 Å². The van der Waals surface area contributed by atoms with Crippen molar-refractivity contribution >= 4 is 5.96 Å². The second-order valence-electron chi connectivity index (χ2n) is 6.67. The fourth-order valence-corrected chi connectivity index (χ4v) is 3.24. The quantitative estimate of drug-likeness (QED) is 0.544. The summed E-state index contributed by atoms with van der Waals surface area (Å²) < 4.78 is 8.03. The zero-order valence-electron chi connectivity index (χ0n) is 16.2. The minimum absolute atomic E-state index is 0.320. The van der Waals surface area contributed by atoms with Crippen LogP contribution in [-0.2, 0) is 19.5 Å². The molecule has 0 aliphatic heterocycles. The maximum atomic E-state index is 5.98. The molecule has 1 fully saturated rings. The highest BCUT2D eigenvalue weighted by molar-refractivity contribution is 5.79. The van der Waals surface area contributed by atoms with E-state index < -0.39 is 0 Å². The first-order valence-electron chi connectivity index (χ1n) is 9.71. The van der Waals surface area contributed by atoms with Gasteiger partial charge in [-0.15, -0.1) is 10.2 Å². The maximum Gasteiger partial charge on any atom is 0.213 e. The van der Waals surface area contributed by atoms with Gasteiger partial charge in [0, 0.05) is 45.4 Å². The van der Waals surface area contributed by atoms with E-state index >= 15 is 0 Å². The minimum Gasteiger partial charge on any atom is -0.474 e. The van der Waals surface area contributed by atoms with Crippen molar-refractivity contribution in [2.24, 2.45) is 4.99 Å². The number of ether oxygens (including phenoxy) is 1. The Labute approximate surface area is 160 Å². The van der Waals surface area contributed by atoms with Crippen LogP contribution in [0.1, 0.15) is 44.0 Å². The fraction of sp³-hybridized carbons (Fsp3) is 0.579. The molecule has 1 saturated carbocycles. The van der Waals surface area contributed by atoms with Crippen LogP contribution in [0.15, 0.2) is 29.6 Å². The predicted octanol–water partition coefficient (Wildman–Crippen LogP) is 1.92. The molecule has 3 rings (SSSR count). The molecular weight excluding hydrogens is 342 g/mol. The zero-order valence-corrected chi connectivity index (χ0v) is 16.2. The Morgan fingerprint density at radius 1 is 1.33 bits per heavy atom. The molecule has 2 aromatic heterocycles. The first-order chi connectivity index (χ1) is 13.3. The molecule has 0 bridgehead atoms. The van der Waals surface area contributed by atoms with Crippen molar-refractivity contribution in [2.75, 3.05) is 13.6 Å². The molecule has 1 aliphatic rings. The molecule has 0 atom stereocenters. The molecule has 2 heterocycles. The van der Waals surface area contributed by atoms with E-state index in [1.165, 1.54) is 12.8 Å². The minimum atomic E-state index is 0.320. The molecule has 0 spiro atoms. The Kier molecular flexibility index (Phi) is 7.01. The molecular formula is C19H29N7O. The molecule has 1 aliphatic carbocycles. The molecule has 0 radical (unpaired) electrons. The third-order valence-corrected chi connectivity index (χ3v) is 4.73. The number of guanidine groups is 1. The van der Waals surface area contributed by atoms with Gasteiger partial charge in [-0.05, 0) is 37.3 Å². The van der Waals surface area contributed by atoms with Gasteiger partial charge in [0.15, 0.2) is 5.96 Å². The number of aryl methyl sites for hydroxylation is 1. The second-order valence-corrected chi connectivity index (χ2v) is 6.67. The highest BCUT2D eigenvalue weighted by atomic mass is 16.5. The van der Waals surface area contributed by atoms with E-state index in [2.05, 4.69) is 42.3 Å². The lowest BCUT2D eigenvalue weighted by Crippen LogP contribution is -2.38. The van der Waals surface area contributed by atoms with E-state index in [4.69, 9.17) is 4.74 Å². The summed E-state index contributed by atoms with van der Waals surface area (Å²) in [6, 6.07) is 4.00. The standard InChI is InChI=1S/C19H29N7O/c1-3-17-25-24-14-26(17)11-10-22-19(20-2)23-13-15-8-9-21-18(12-15)27-16-6-4-5-7-16/h8-9,12,14,16H,3-7,10-11,13H2,1-2H3,(H2,20,22,23). The Balaban J connectivity index is 1.44. The smallest absolute Gasteiger partial charge is 0.213 e. The lowest BCUT2D eigenvalue weighted by molar-refractivity contribution is 0.201. The molecule has 0 saturated heterocycles. The predicted molar refractivity (Wildman–Crippen MR) is 105 cm³/mol. The third-order valence-electron chi connectivity index (χ3n) is 4.73. The summed E-state index contributed by atoms with van der Waals surface area (Å²) in [7, 11) is 1.77. The van der Waals surface area contributed by atoms with Crippen molar-refractivity contribution in [3.63, 3.8) is 0 Å². The van der Waals surface area contributed by atoms with Crippen LogP contribution in [0.3, 0.4) is 0 Å². The van der Waals surface area contributed by atoms with Crippen molar-refractivity contribution in [2.45, 2.75) is 58.2 Å². The van der Waals surface area contributed by atoms with E-state index in [0.29, 0.717) is 18.5 Å². The van der Waals surface area contributed by atoms with E-state index in [-0.39, 0.29) is 0 Å². The molecule has 2 N–H and O–H groups in total. The summed E-state index contributed by atoms with van der Waals surface area (Å²) in [6.45, 7) is 4.28. The van der Waals surface area contributed by atoms with Crippen LogP contribution >= 0.6 is 0 Å². The van der Waals surface area contributed by atoms with Gasteiger partial charge in [0.05, 0.1) is 0 Å². The summed E-state index contributed by atoms with van der Waals surface area (Å²) in [5.74, 6) is 2.46. The summed E-state index contributed by atoms with van der Waals surface area (Å²) in [5, 5.41) is 14.7. The van der Waals surface area contributed by atoms with E-state index in [9.17, 15) is 0 Å². The molecule has 0 unspecified atom stereocenters. The summed E-state index contributed by atoms with van der Waals surface area (Å²) >= 11 is 0. The summed E-state index contributed by atoms with van der Waals surface area (Å²) in [6.07, 6.45) is 9.53. The van der Waals surface area contributed by atoms with Crippen LogP contribution in [0.4, 0.5) is 0 Å². The number of aromatic nitrogens is 4. The number of pyridine rings is 1. The van der Waals surface area contributed by atoms with Gasteiger partial charge in [-0.3, -0.25) is 4.99 Å². The lowest BCUT2D eigenvalue weighted by atomic mass is 10.2. The molecule has 8 nitrogen and oxygen atoms in total. The molecule has 2 aromatic rings. The monoisotopic (exact) mass is 371 g/mol. The Hall–Kier alpha value is -2.64. The highest BCUT2D eigenvalue weighted by Gasteiger charge is 2.17. The van der Waals surface area contributed by atoms with Crippen molar-refractivity contribution in [1.82, 2.24) is 30.4 Å². The van der Waals surface area contributed by atoms with E-state index in [1.807, 2.05) is 12.1 Å². The normalized spacial score (nSPS) is 15.1. The number of hydrogen-bond acceptors (Lipinski definition) is 5. The topological polar surface area (TPSA) is 89.2 Å². The molecule has 8 heteroatoms. The average molecular weight is 371 g/mol. The van der Waals surface area contributed by atoms with Crippen LogP contribution in [0.25, 0.3) is 0 Å². The van der Waals surface area contributed by atoms with Crippen molar-refractivity contribution < 1.29 is 4.74 Å². The SMILES string of the molecule is CCc1nncn1CCNC(=NC)NCc1ccnc(OC2CCCC2)c1. The van der Waals surface area contributed by atoms with Crippen molar-refractivity contribution in [3.05, 3.63) is 36.0 Å².